The van der Waals surface area contributed by atoms with Crippen LogP contribution in [0.4, 0.5) is 0 Å². The van der Waals surface area contributed by atoms with Crippen molar-refractivity contribution in [2.24, 2.45) is 0 Å². The van der Waals surface area contributed by atoms with Crippen LogP contribution in [0.1, 0.15) is 21.9 Å². The number of carbonyl (C=O) groups excluding carboxylic acids is 1. The van der Waals surface area contributed by atoms with Crippen LogP contribution >= 0.6 is 11.7 Å². The Hall–Kier alpha value is -2.25. The minimum atomic E-state index is -0.168. The second kappa shape index (κ2) is 6.25. The molecule has 0 N–H and O–H groups in total. The van der Waals surface area contributed by atoms with Gasteiger partial charge in [-0.3, -0.25) is 4.79 Å². The monoisotopic (exact) mass is 317 g/mol. The van der Waals surface area contributed by atoms with Gasteiger partial charge in [-0.2, -0.15) is 8.75 Å². The molecule has 6 nitrogen and oxygen atoms in total. The SMILES string of the molecule is COCc1ccc(C(=O)N(C)Cc2ccc3nsnc3c2)o1. The van der Waals surface area contributed by atoms with Gasteiger partial charge in [0, 0.05) is 20.7 Å². The highest BCUT2D eigenvalue weighted by molar-refractivity contribution is 7.00. The van der Waals surface area contributed by atoms with Crippen molar-refractivity contribution in [3.8, 4) is 0 Å². The van der Waals surface area contributed by atoms with Gasteiger partial charge in [0.15, 0.2) is 5.76 Å². The minimum absolute atomic E-state index is 0.168. The largest absolute Gasteiger partial charge is 0.453 e. The Labute approximate surface area is 131 Å². The lowest BCUT2D eigenvalue weighted by Crippen LogP contribution is -2.25. The lowest BCUT2D eigenvalue weighted by Gasteiger charge is -2.15. The zero-order chi connectivity index (χ0) is 15.5. The summed E-state index contributed by atoms with van der Waals surface area (Å²) < 4.78 is 18.8. The first-order chi connectivity index (χ1) is 10.7. The van der Waals surface area contributed by atoms with E-state index < -0.39 is 0 Å². The second-order valence-electron chi connectivity index (χ2n) is 4.95. The number of furan rings is 1. The van der Waals surface area contributed by atoms with Crippen molar-refractivity contribution in [1.29, 1.82) is 0 Å². The Bertz CT molecular complexity index is 796. The molecule has 0 saturated heterocycles. The van der Waals surface area contributed by atoms with E-state index in [4.69, 9.17) is 9.15 Å². The minimum Gasteiger partial charge on any atom is -0.453 e. The molecule has 0 atom stereocenters. The van der Waals surface area contributed by atoms with Crippen LogP contribution in [-0.4, -0.2) is 33.7 Å². The molecular formula is C15H15N3O3S. The van der Waals surface area contributed by atoms with Crippen LogP contribution in [0.3, 0.4) is 0 Å². The highest BCUT2D eigenvalue weighted by atomic mass is 32.1. The predicted octanol–water partition coefficient (Wildman–Crippen LogP) is 2.70. The predicted molar refractivity (Wildman–Crippen MR) is 82.6 cm³/mol. The Kier molecular flexibility index (Phi) is 4.17. The molecular weight excluding hydrogens is 302 g/mol. The fourth-order valence-electron chi connectivity index (χ4n) is 2.17. The van der Waals surface area contributed by atoms with Gasteiger partial charge in [-0.15, -0.1) is 0 Å². The Morgan fingerprint density at radius 2 is 2.09 bits per heavy atom. The smallest absolute Gasteiger partial charge is 0.289 e. The molecule has 0 saturated carbocycles. The van der Waals surface area contributed by atoms with Crippen LogP contribution in [0, 0.1) is 0 Å². The molecule has 2 heterocycles. The summed E-state index contributed by atoms with van der Waals surface area (Å²) in [5.74, 6) is 0.777. The third-order valence-corrected chi connectivity index (χ3v) is 3.80. The van der Waals surface area contributed by atoms with E-state index in [1.54, 1.807) is 31.2 Å². The number of amides is 1. The number of nitrogens with zero attached hydrogens (tertiary/aromatic N) is 3. The standard InChI is InChI=1S/C15H15N3O3S/c1-18(15(19)14-6-4-11(21-14)9-20-2)8-10-3-5-12-13(7-10)17-22-16-12/h3-7H,8-9H2,1-2H3. The first-order valence-corrected chi connectivity index (χ1v) is 7.44. The summed E-state index contributed by atoms with van der Waals surface area (Å²) in [7, 11) is 3.32. The fraction of sp³-hybridized carbons (Fsp3) is 0.267. The summed E-state index contributed by atoms with van der Waals surface area (Å²) in [5.41, 5.74) is 2.72. The van der Waals surface area contributed by atoms with Crippen molar-refractivity contribution in [2.75, 3.05) is 14.2 Å². The van der Waals surface area contributed by atoms with E-state index in [0.29, 0.717) is 24.7 Å². The Morgan fingerprint density at radius 3 is 2.91 bits per heavy atom. The molecule has 1 aromatic carbocycles. The van der Waals surface area contributed by atoms with Crippen LogP contribution < -0.4 is 0 Å². The lowest BCUT2D eigenvalue weighted by molar-refractivity contribution is 0.0745. The highest BCUT2D eigenvalue weighted by Gasteiger charge is 2.16. The van der Waals surface area contributed by atoms with Gasteiger partial charge < -0.3 is 14.1 Å². The number of benzene rings is 1. The third kappa shape index (κ3) is 3.00. The normalized spacial score (nSPS) is 11.0. The number of fused-ring (bicyclic) bond motifs is 1. The molecule has 7 heteroatoms. The average molecular weight is 317 g/mol. The number of hydrogen-bond acceptors (Lipinski definition) is 6. The van der Waals surface area contributed by atoms with Crippen LogP contribution in [0.2, 0.25) is 0 Å². The number of methoxy groups -OCH3 is 1. The number of ether oxygens (including phenoxy) is 1. The number of carbonyl (C=O) groups is 1. The molecule has 0 spiro atoms. The van der Waals surface area contributed by atoms with Gasteiger partial charge in [0.05, 0.1) is 11.7 Å². The summed E-state index contributed by atoms with van der Waals surface area (Å²) in [6, 6.07) is 9.22. The van der Waals surface area contributed by atoms with Gasteiger partial charge in [0.1, 0.15) is 23.4 Å². The van der Waals surface area contributed by atoms with E-state index in [1.807, 2.05) is 18.2 Å². The average Bonchev–Trinajstić information content (AvgIpc) is 3.15. The first kappa shape index (κ1) is 14.7. The second-order valence-corrected chi connectivity index (χ2v) is 5.48. The van der Waals surface area contributed by atoms with Gasteiger partial charge in [0.2, 0.25) is 0 Å². The fourth-order valence-corrected chi connectivity index (χ4v) is 2.69. The summed E-state index contributed by atoms with van der Waals surface area (Å²) in [4.78, 5) is 14.0. The van der Waals surface area contributed by atoms with Crippen LogP contribution in [-0.2, 0) is 17.9 Å². The maximum absolute atomic E-state index is 12.3. The first-order valence-electron chi connectivity index (χ1n) is 6.71. The number of aromatic nitrogens is 2. The number of hydrogen-bond donors (Lipinski definition) is 0. The summed E-state index contributed by atoms with van der Waals surface area (Å²) in [5, 5.41) is 0. The molecule has 1 amide bonds. The van der Waals surface area contributed by atoms with Crippen molar-refractivity contribution in [2.45, 2.75) is 13.2 Å². The summed E-state index contributed by atoms with van der Waals surface area (Å²) in [6.07, 6.45) is 0. The molecule has 0 fully saturated rings. The van der Waals surface area contributed by atoms with Crippen molar-refractivity contribution in [3.05, 3.63) is 47.4 Å². The topological polar surface area (TPSA) is 68.5 Å². The Morgan fingerprint density at radius 1 is 1.27 bits per heavy atom. The van der Waals surface area contributed by atoms with Gasteiger partial charge in [-0.1, -0.05) is 6.07 Å². The van der Waals surface area contributed by atoms with Gasteiger partial charge >= 0.3 is 0 Å². The van der Waals surface area contributed by atoms with E-state index in [9.17, 15) is 4.79 Å². The summed E-state index contributed by atoms with van der Waals surface area (Å²) >= 11 is 1.18. The van der Waals surface area contributed by atoms with Crippen LogP contribution in [0.15, 0.2) is 34.7 Å². The molecule has 0 radical (unpaired) electrons. The van der Waals surface area contributed by atoms with E-state index in [1.165, 1.54) is 11.7 Å². The van der Waals surface area contributed by atoms with Crippen LogP contribution in [0.25, 0.3) is 11.0 Å². The molecule has 22 heavy (non-hydrogen) atoms. The molecule has 0 aliphatic rings. The molecule has 0 aliphatic carbocycles. The maximum Gasteiger partial charge on any atom is 0.289 e. The van der Waals surface area contributed by atoms with Gasteiger partial charge in [-0.25, -0.2) is 0 Å². The third-order valence-electron chi connectivity index (χ3n) is 3.24. The van der Waals surface area contributed by atoms with Crippen molar-refractivity contribution >= 4 is 28.7 Å². The molecule has 0 aliphatic heterocycles. The number of rotatable bonds is 5. The van der Waals surface area contributed by atoms with Crippen molar-refractivity contribution < 1.29 is 13.9 Å². The zero-order valence-corrected chi connectivity index (χ0v) is 13.1. The van der Waals surface area contributed by atoms with E-state index in [0.717, 1.165) is 16.6 Å². The van der Waals surface area contributed by atoms with Gasteiger partial charge in [-0.05, 0) is 29.8 Å². The molecule has 0 unspecified atom stereocenters. The van der Waals surface area contributed by atoms with Crippen molar-refractivity contribution in [1.82, 2.24) is 13.6 Å². The van der Waals surface area contributed by atoms with Crippen molar-refractivity contribution in [3.63, 3.8) is 0 Å². The molecule has 2 aromatic heterocycles. The van der Waals surface area contributed by atoms with E-state index in [-0.39, 0.29) is 5.91 Å². The quantitative estimate of drug-likeness (QED) is 0.723. The maximum atomic E-state index is 12.3. The molecule has 0 bridgehead atoms. The van der Waals surface area contributed by atoms with Crippen LogP contribution in [0.5, 0.6) is 0 Å². The Balaban J connectivity index is 1.71. The summed E-state index contributed by atoms with van der Waals surface area (Å²) in [6.45, 7) is 0.830. The molecule has 3 rings (SSSR count). The van der Waals surface area contributed by atoms with E-state index >= 15 is 0 Å². The highest BCUT2D eigenvalue weighted by Crippen LogP contribution is 2.16. The lowest BCUT2D eigenvalue weighted by atomic mass is 10.2. The molecule has 114 valence electrons. The molecule has 3 aromatic rings. The zero-order valence-electron chi connectivity index (χ0n) is 12.3. The van der Waals surface area contributed by atoms with E-state index in [2.05, 4.69) is 8.75 Å². The van der Waals surface area contributed by atoms with Gasteiger partial charge in [0.25, 0.3) is 5.91 Å².